The second-order valence-electron chi connectivity index (χ2n) is 6.69. The number of nitrogens with one attached hydrogen (secondary N) is 2. The van der Waals surface area contributed by atoms with Crippen LogP contribution in [0.3, 0.4) is 0 Å². The minimum absolute atomic E-state index is 0.00485. The molecular formula is C19H28N2O2. The number of hydrogen-bond acceptors (Lipinski definition) is 3. The summed E-state index contributed by atoms with van der Waals surface area (Å²) in [7, 11) is 0. The van der Waals surface area contributed by atoms with Gasteiger partial charge in [-0.15, -0.1) is 0 Å². The smallest absolute Gasteiger partial charge is 0.237 e. The van der Waals surface area contributed by atoms with Gasteiger partial charge in [0.15, 0.2) is 0 Å². The van der Waals surface area contributed by atoms with Crippen LogP contribution in [-0.4, -0.2) is 31.1 Å². The lowest BCUT2D eigenvalue weighted by atomic mass is 9.85. The van der Waals surface area contributed by atoms with E-state index in [1.165, 1.54) is 25.7 Å². The third-order valence-corrected chi connectivity index (χ3v) is 5.15. The quantitative estimate of drug-likeness (QED) is 0.848. The Labute approximate surface area is 139 Å². The average molecular weight is 316 g/mol. The number of carbonyl (C=O) groups excluding carboxylic acids is 1. The van der Waals surface area contributed by atoms with Crippen LogP contribution in [0.4, 0.5) is 0 Å². The van der Waals surface area contributed by atoms with Crippen LogP contribution in [0, 0.1) is 5.92 Å². The fraction of sp³-hybridized carbons (Fsp3) is 0.632. The van der Waals surface area contributed by atoms with E-state index < -0.39 is 0 Å². The molecule has 0 bridgehead atoms. The van der Waals surface area contributed by atoms with Crippen LogP contribution in [0.25, 0.3) is 0 Å². The molecule has 126 valence electrons. The van der Waals surface area contributed by atoms with Gasteiger partial charge >= 0.3 is 0 Å². The van der Waals surface area contributed by atoms with Crippen molar-refractivity contribution in [1.82, 2.24) is 10.6 Å². The molecule has 0 spiro atoms. The van der Waals surface area contributed by atoms with Crippen molar-refractivity contribution in [3.05, 3.63) is 29.8 Å². The largest absolute Gasteiger partial charge is 0.494 e. The monoisotopic (exact) mass is 316 g/mol. The molecule has 3 unspecified atom stereocenters. The third-order valence-electron chi connectivity index (χ3n) is 5.15. The van der Waals surface area contributed by atoms with E-state index in [-0.39, 0.29) is 11.9 Å². The first-order valence-corrected chi connectivity index (χ1v) is 9.02. The van der Waals surface area contributed by atoms with Crippen LogP contribution >= 0.6 is 0 Å². The molecule has 0 radical (unpaired) electrons. The molecule has 1 aromatic carbocycles. The van der Waals surface area contributed by atoms with Gasteiger partial charge in [-0.2, -0.15) is 0 Å². The fourth-order valence-electron chi connectivity index (χ4n) is 3.97. The molecule has 3 atom stereocenters. The SMILES string of the molecule is CCOc1ccccc1CCNC(=O)C1CC2CCCCC2N1. The highest BCUT2D eigenvalue weighted by Gasteiger charge is 2.37. The molecule has 1 amide bonds. The summed E-state index contributed by atoms with van der Waals surface area (Å²) in [5.74, 6) is 1.79. The van der Waals surface area contributed by atoms with Crippen molar-refractivity contribution in [2.45, 2.75) is 57.5 Å². The first-order chi connectivity index (χ1) is 11.3. The Balaban J connectivity index is 1.46. The topological polar surface area (TPSA) is 50.4 Å². The Hall–Kier alpha value is -1.55. The number of hydrogen-bond donors (Lipinski definition) is 2. The molecule has 1 saturated heterocycles. The summed E-state index contributed by atoms with van der Waals surface area (Å²) in [6.07, 6.45) is 6.95. The molecule has 2 N–H and O–H groups in total. The maximum atomic E-state index is 12.4. The van der Waals surface area contributed by atoms with Gasteiger partial charge in [0, 0.05) is 12.6 Å². The molecule has 3 rings (SSSR count). The molecule has 1 aliphatic heterocycles. The highest BCUT2D eigenvalue weighted by molar-refractivity contribution is 5.82. The second kappa shape index (κ2) is 7.82. The lowest BCUT2D eigenvalue weighted by Crippen LogP contribution is -2.43. The Morgan fingerprint density at radius 3 is 2.96 bits per heavy atom. The number of carbonyl (C=O) groups is 1. The van der Waals surface area contributed by atoms with Crippen LogP contribution in [0.5, 0.6) is 5.75 Å². The van der Waals surface area contributed by atoms with Crippen molar-refractivity contribution in [3.8, 4) is 5.75 Å². The zero-order chi connectivity index (χ0) is 16.1. The summed E-state index contributed by atoms with van der Waals surface area (Å²) in [4.78, 5) is 12.4. The van der Waals surface area contributed by atoms with Gasteiger partial charge in [0.05, 0.1) is 12.6 Å². The van der Waals surface area contributed by atoms with Crippen LogP contribution in [0.15, 0.2) is 24.3 Å². The van der Waals surface area contributed by atoms with E-state index >= 15 is 0 Å². The van der Waals surface area contributed by atoms with Crippen molar-refractivity contribution >= 4 is 5.91 Å². The predicted molar refractivity (Wildman–Crippen MR) is 91.6 cm³/mol. The predicted octanol–water partition coefficient (Wildman–Crippen LogP) is 2.66. The number of benzene rings is 1. The van der Waals surface area contributed by atoms with Crippen LogP contribution < -0.4 is 15.4 Å². The van der Waals surface area contributed by atoms with Gasteiger partial charge in [-0.3, -0.25) is 4.79 Å². The number of ether oxygens (including phenoxy) is 1. The van der Waals surface area contributed by atoms with Crippen molar-refractivity contribution < 1.29 is 9.53 Å². The first kappa shape index (κ1) is 16.3. The molecule has 1 heterocycles. The Morgan fingerprint density at radius 1 is 1.30 bits per heavy atom. The second-order valence-corrected chi connectivity index (χ2v) is 6.69. The van der Waals surface area contributed by atoms with Crippen LogP contribution in [0.2, 0.25) is 0 Å². The number of para-hydroxylation sites is 1. The highest BCUT2D eigenvalue weighted by atomic mass is 16.5. The summed E-state index contributed by atoms with van der Waals surface area (Å²) < 4.78 is 5.63. The molecule has 2 fully saturated rings. The molecule has 23 heavy (non-hydrogen) atoms. The summed E-state index contributed by atoms with van der Waals surface area (Å²) >= 11 is 0. The van der Waals surface area contributed by atoms with Crippen molar-refractivity contribution in [2.24, 2.45) is 5.92 Å². The van der Waals surface area contributed by atoms with E-state index in [9.17, 15) is 4.79 Å². The van der Waals surface area contributed by atoms with Crippen LogP contribution in [-0.2, 0) is 11.2 Å². The summed E-state index contributed by atoms with van der Waals surface area (Å²) in [5, 5.41) is 6.63. The van der Waals surface area contributed by atoms with Gasteiger partial charge in [-0.1, -0.05) is 31.0 Å². The van der Waals surface area contributed by atoms with Crippen molar-refractivity contribution in [3.63, 3.8) is 0 Å². The molecule has 4 heteroatoms. The van der Waals surface area contributed by atoms with Gasteiger partial charge in [-0.25, -0.2) is 0 Å². The molecule has 1 saturated carbocycles. The summed E-state index contributed by atoms with van der Waals surface area (Å²) in [6.45, 7) is 3.32. The summed E-state index contributed by atoms with van der Waals surface area (Å²) in [6, 6.07) is 8.63. The van der Waals surface area contributed by atoms with Crippen molar-refractivity contribution in [2.75, 3.05) is 13.2 Å². The lowest BCUT2D eigenvalue weighted by Gasteiger charge is -2.24. The van der Waals surface area contributed by atoms with Gasteiger partial charge in [-0.05, 0) is 50.2 Å². The van der Waals surface area contributed by atoms with Gasteiger partial charge < -0.3 is 15.4 Å². The lowest BCUT2D eigenvalue weighted by molar-refractivity contribution is -0.122. The molecule has 2 aliphatic rings. The molecule has 1 aromatic rings. The molecular weight excluding hydrogens is 288 g/mol. The van der Waals surface area contributed by atoms with E-state index in [4.69, 9.17) is 4.74 Å². The zero-order valence-electron chi connectivity index (χ0n) is 14.0. The number of rotatable bonds is 6. The number of amides is 1. The highest BCUT2D eigenvalue weighted by Crippen LogP contribution is 2.33. The van der Waals surface area contributed by atoms with Crippen molar-refractivity contribution in [1.29, 1.82) is 0 Å². The minimum Gasteiger partial charge on any atom is -0.494 e. The Kier molecular flexibility index (Phi) is 5.55. The average Bonchev–Trinajstić information content (AvgIpc) is 3.01. The standard InChI is InChI=1S/C19H28N2O2/c1-2-23-18-10-6-4-7-14(18)11-12-20-19(22)17-13-15-8-3-5-9-16(15)21-17/h4,6-7,10,15-17,21H,2-3,5,8-9,11-13H2,1H3,(H,20,22). The van der Waals surface area contributed by atoms with Gasteiger partial charge in [0.2, 0.25) is 5.91 Å². The van der Waals surface area contributed by atoms with E-state index in [0.717, 1.165) is 24.2 Å². The minimum atomic E-state index is 0.00485. The molecule has 4 nitrogen and oxygen atoms in total. The Morgan fingerprint density at radius 2 is 2.13 bits per heavy atom. The van der Waals surface area contributed by atoms with E-state index in [0.29, 0.717) is 25.1 Å². The van der Waals surface area contributed by atoms with Gasteiger partial charge in [0.1, 0.15) is 5.75 Å². The molecule has 1 aliphatic carbocycles. The fourth-order valence-corrected chi connectivity index (χ4v) is 3.97. The maximum Gasteiger partial charge on any atom is 0.237 e. The van der Waals surface area contributed by atoms with Gasteiger partial charge in [0.25, 0.3) is 0 Å². The van der Waals surface area contributed by atoms with E-state index in [1.807, 2.05) is 25.1 Å². The first-order valence-electron chi connectivity index (χ1n) is 9.02. The van der Waals surface area contributed by atoms with E-state index in [1.54, 1.807) is 0 Å². The van der Waals surface area contributed by atoms with E-state index in [2.05, 4.69) is 16.7 Å². The molecule has 0 aromatic heterocycles. The zero-order valence-corrected chi connectivity index (χ0v) is 14.0. The summed E-state index contributed by atoms with van der Waals surface area (Å²) in [5.41, 5.74) is 1.16. The number of fused-ring (bicyclic) bond motifs is 1. The maximum absolute atomic E-state index is 12.4. The third kappa shape index (κ3) is 4.05. The van der Waals surface area contributed by atoms with Crippen LogP contribution in [0.1, 0.15) is 44.6 Å². The Bertz CT molecular complexity index is 518. The normalized spacial score (nSPS) is 26.6.